The van der Waals surface area contributed by atoms with Crippen molar-refractivity contribution in [3.05, 3.63) is 54.5 Å². The van der Waals surface area contributed by atoms with Crippen LogP contribution in [0.4, 0.5) is 11.6 Å². The van der Waals surface area contributed by atoms with Crippen LogP contribution in [0.15, 0.2) is 48.9 Å². The molecule has 2 aliphatic rings. The lowest BCUT2D eigenvalue weighted by Gasteiger charge is -2.37. The third kappa shape index (κ3) is 3.37. The van der Waals surface area contributed by atoms with Gasteiger partial charge >= 0.3 is 0 Å². The van der Waals surface area contributed by atoms with E-state index in [0.29, 0.717) is 0 Å². The van der Waals surface area contributed by atoms with E-state index >= 15 is 0 Å². The molecule has 2 saturated heterocycles. The molecule has 0 N–H and O–H groups in total. The third-order valence-corrected chi connectivity index (χ3v) is 5.81. The van der Waals surface area contributed by atoms with Gasteiger partial charge in [-0.15, -0.1) is 0 Å². The fraction of sp³-hybridized carbons (Fsp3) is 0.364. The summed E-state index contributed by atoms with van der Waals surface area (Å²) in [5.41, 5.74) is 1.68. The van der Waals surface area contributed by atoms with Crippen LogP contribution in [0.3, 0.4) is 0 Å². The number of piperazine rings is 1. The summed E-state index contributed by atoms with van der Waals surface area (Å²) >= 11 is 0. The summed E-state index contributed by atoms with van der Waals surface area (Å²) in [7, 11) is 0. The van der Waals surface area contributed by atoms with Gasteiger partial charge in [-0.25, -0.2) is 15.0 Å². The van der Waals surface area contributed by atoms with Gasteiger partial charge in [0.2, 0.25) is 0 Å². The van der Waals surface area contributed by atoms with Crippen LogP contribution in [0.5, 0.6) is 0 Å². The van der Waals surface area contributed by atoms with E-state index < -0.39 is 0 Å². The van der Waals surface area contributed by atoms with Crippen molar-refractivity contribution in [2.75, 3.05) is 49.1 Å². The Kier molecular flexibility index (Phi) is 4.71. The number of hydrogen-bond donors (Lipinski definition) is 0. The second-order valence-corrected chi connectivity index (χ2v) is 7.56. The minimum absolute atomic E-state index is 0.106. The molecule has 0 spiro atoms. The zero-order valence-corrected chi connectivity index (χ0v) is 16.4. The number of rotatable bonds is 3. The number of anilines is 2. The Labute approximate surface area is 170 Å². The van der Waals surface area contributed by atoms with Gasteiger partial charge in [0.25, 0.3) is 5.91 Å². The summed E-state index contributed by atoms with van der Waals surface area (Å²) in [6.45, 7) is 4.96. The molecule has 2 aliphatic heterocycles. The molecule has 148 valence electrons. The van der Waals surface area contributed by atoms with E-state index in [-0.39, 0.29) is 5.91 Å². The highest BCUT2D eigenvalue weighted by Crippen LogP contribution is 2.26. The monoisotopic (exact) mass is 388 g/mol. The lowest BCUT2D eigenvalue weighted by Crippen LogP contribution is -2.47. The summed E-state index contributed by atoms with van der Waals surface area (Å²) in [5, 5.41) is 1.08. The van der Waals surface area contributed by atoms with Crippen molar-refractivity contribution < 1.29 is 4.79 Å². The summed E-state index contributed by atoms with van der Waals surface area (Å²) < 4.78 is 0. The zero-order chi connectivity index (χ0) is 19.6. The van der Waals surface area contributed by atoms with Crippen LogP contribution in [-0.4, -0.2) is 65.0 Å². The number of nitrogens with zero attached hydrogens (tertiary/aromatic N) is 6. The summed E-state index contributed by atoms with van der Waals surface area (Å²) in [4.78, 5) is 32.9. The van der Waals surface area contributed by atoms with Gasteiger partial charge in [0, 0.05) is 50.9 Å². The zero-order valence-electron chi connectivity index (χ0n) is 16.4. The number of hydrogen-bond acceptors (Lipinski definition) is 6. The van der Waals surface area contributed by atoms with Crippen molar-refractivity contribution in [1.29, 1.82) is 0 Å². The molecular weight excluding hydrogens is 364 g/mol. The summed E-state index contributed by atoms with van der Waals surface area (Å²) in [6.07, 6.45) is 5.59. The number of para-hydroxylation sites is 1. The first-order valence-corrected chi connectivity index (χ1v) is 10.3. The topological polar surface area (TPSA) is 65.5 Å². The maximum Gasteiger partial charge on any atom is 0.257 e. The highest BCUT2D eigenvalue weighted by Gasteiger charge is 2.27. The van der Waals surface area contributed by atoms with Gasteiger partial charge in [0.05, 0.1) is 11.1 Å². The molecule has 0 unspecified atom stereocenters. The van der Waals surface area contributed by atoms with E-state index in [1.54, 1.807) is 12.5 Å². The van der Waals surface area contributed by atoms with Gasteiger partial charge in [0.15, 0.2) is 0 Å². The number of carbonyl (C=O) groups is 1. The van der Waals surface area contributed by atoms with Gasteiger partial charge in [0.1, 0.15) is 18.0 Å². The van der Waals surface area contributed by atoms with E-state index in [4.69, 9.17) is 0 Å². The lowest BCUT2D eigenvalue weighted by atomic mass is 10.1. The molecule has 5 rings (SSSR count). The van der Waals surface area contributed by atoms with Crippen LogP contribution in [-0.2, 0) is 0 Å². The lowest BCUT2D eigenvalue weighted by molar-refractivity contribution is 0.0793. The number of fused-ring (bicyclic) bond motifs is 1. The minimum Gasteiger partial charge on any atom is -0.352 e. The quantitative estimate of drug-likeness (QED) is 0.687. The van der Waals surface area contributed by atoms with Gasteiger partial charge in [-0.1, -0.05) is 12.1 Å². The van der Waals surface area contributed by atoms with E-state index in [9.17, 15) is 4.79 Å². The normalized spacial score (nSPS) is 17.2. The molecule has 0 atom stereocenters. The molecule has 2 aromatic heterocycles. The fourth-order valence-corrected chi connectivity index (χ4v) is 4.28. The van der Waals surface area contributed by atoms with Crippen LogP contribution in [0.1, 0.15) is 23.2 Å². The number of likely N-dealkylation sites (tertiary alicyclic amines) is 1. The molecule has 0 aliphatic carbocycles. The Bertz CT molecular complexity index is 1020. The predicted octanol–water partition coefficient (Wildman–Crippen LogP) is 2.59. The van der Waals surface area contributed by atoms with Crippen molar-refractivity contribution in [3.63, 3.8) is 0 Å². The van der Waals surface area contributed by atoms with Crippen molar-refractivity contribution >= 4 is 28.4 Å². The first-order chi connectivity index (χ1) is 14.3. The van der Waals surface area contributed by atoms with Crippen molar-refractivity contribution in [3.8, 4) is 0 Å². The van der Waals surface area contributed by atoms with Crippen molar-refractivity contribution in [2.24, 2.45) is 0 Å². The van der Waals surface area contributed by atoms with E-state index in [0.717, 1.165) is 80.2 Å². The van der Waals surface area contributed by atoms with Crippen LogP contribution in [0.2, 0.25) is 0 Å². The molecule has 0 radical (unpaired) electrons. The Morgan fingerprint density at radius 3 is 2.28 bits per heavy atom. The predicted molar refractivity (Wildman–Crippen MR) is 113 cm³/mol. The molecule has 7 nitrogen and oxygen atoms in total. The second kappa shape index (κ2) is 7.66. The molecule has 4 heterocycles. The van der Waals surface area contributed by atoms with Gasteiger partial charge in [-0.3, -0.25) is 4.79 Å². The van der Waals surface area contributed by atoms with Crippen LogP contribution < -0.4 is 9.80 Å². The largest absolute Gasteiger partial charge is 0.352 e. The van der Waals surface area contributed by atoms with E-state index in [1.807, 2.05) is 35.2 Å². The highest BCUT2D eigenvalue weighted by atomic mass is 16.2. The van der Waals surface area contributed by atoms with Gasteiger partial charge < -0.3 is 14.7 Å². The smallest absolute Gasteiger partial charge is 0.257 e. The first-order valence-electron chi connectivity index (χ1n) is 10.3. The van der Waals surface area contributed by atoms with Crippen molar-refractivity contribution in [2.45, 2.75) is 12.8 Å². The molecule has 3 aromatic rings. The second-order valence-electron chi connectivity index (χ2n) is 7.56. The Morgan fingerprint density at radius 1 is 0.759 bits per heavy atom. The number of aromatic nitrogens is 3. The summed E-state index contributed by atoms with van der Waals surface area (Å²) in [5.74, 6) is 1.89. The highest BCUT2D eigenvalue weighted by molar-refractivity contribution is 5.99. The van der Waals surface area contributed by atoms with E-state index in [1.165, 1.54) is 0 Å². The number of amides is 1. The standard InChI is InChI=1S/C22H24N6O/c29-22(28-10-3-4-11-28)18-7-5-9-23-21(18)27-14-12-26(13-15-27)20-17-6-1-2-8-19(17)24-16-25-20/h1-2,5-9,16H,3-4,10-15H2. The molecule has 2 fully saturated rings. The fourth-order valence-electron chi connectivity index (χ4n) is 4.28. The van der Waals surface area contributed by atoms with Crippen LogP contribution >= 0.6 is 0 Å². The molecule has 7 heteroatoms. The molecule has 0 saturated carbocycles. The average Bonchev–Trinajstić information content (AvgIpc) is 3.33. The third-order valence-electron chi connectivity index (χ3n) is 5.81. The Balaban J connectivity index is 1.35. The van der Waals surface area contributed by atoms with Crippen LogP contribution in [0, 0.1) is 0 Å². The Hall–Kier alpha value is -3.22. The molecule has 1 aromatic carbocycles. The first kappa shape index (κ1) is 17.8. The Morgan fingerprint density at radius 2 is 1.48 bits per heavy atom. The minimum atomic E-state index is 0.106. The van der Waals surface area contributed by atoms with Crippen LogP contribution in [0.25, 0.3) is 10.9 Å². The van der Waals surface area contributed by atoms with Crippen molar-refractivity contribution in [1.82, 2.24) is 19.9 Å². The van der Waals surface area contributed by atoms with E-state index in [2.05, 4.69) is 30.8 Å². The SMILES string of the molecule is O=C(c1cccnc1N1CCN(c2ncnc3ccccc23)CC1)N1CCCC1. The number of carbonyl (C=O) groups excluding carboxylic acids is 1. The molecule has 0 bridgehead atoms. The molecular formula is C22H24N6O. The average molecular weight is 388 g/mol. The summed E-state index contributed by atoms with van der Waals surface area (Å²) in [6, 6.07) is 11.9. The molecule has 1 amide bonds. The maximum atomic E-state index is 13.0. The number of benzene rings is 1. The molecule has 29 heavy (non-hydrogen) atoms. The number of pyridine rings is 1. The van der Waals surface area contributed by atoms with Gasteiger partial charge in [-0.2, -0.15) is 0 Å². The van der Waals surface area contributed by atoms with Gasteiger partial charge in [-0.05, 0) is 37.1 Å². The maximum absolute atomic E-state index is 13.0.